The second-order valence-electron chi connectivity index (χ2n) is 5.22. The van der Waals surface area contributed by atoms with Crippen molar-refractivity contribution in [3.8, 4) is 0 Å². The largest absolute Gasteiger partial charge is 0.459 e. The minimum atomic E-state index is 0.134. The van der Waals surface area contributed by atoms with Crippen molar-refractivity contribution in [1.29, 1.82) is 0 Å². The molecule has 0 saturated heterocycles. The van der Waals surface area contributed by atoms with Gasteiger partial charge in [-0.05, 0) is 26.1 Å². The quantitative estimate of drug-likeness (QED) is 0.717. The van der Waals surface area contributed by atoms with Crippen LogP contribution in [-0.2, 0) is 13.0 Å². The van der Waals surface area contributed by atoms with Gasteiger partial charge in [-0.2, -0.15) is 0 Å². The smallest absolute Gasteiger partial charge is 0.230 e. The van der Waals surface area contributed by atoms with Crippen molar-refractivity contribution in [3.63, 3.8) is 0 Å². The number of hydrogen-bond acceptors (Lipinski definition) is 5. The van der Waals surface area contributed by atoms with Crippen molar-refractivity contribution in [2.24, 2.45) is 0 Å². The Hall–Kier alpha value is -2.14. The predicted molar refractivity (Wildman–Crippen MR) is 79.8 cm³/mol. The number of nitrogens with zero attached hydrogens (tertiary/aromatic N) is 3. The first-order valence-corrected chi connectivity index (χ1v) is 7.17. The zero-order valence-corrected chi connectivity index (χ0v) is 12.5. The number of hydrogen-bond donors (Lipinski definition) is 0. The molecule has 1 aromatic carbocycles. The van der Waals surface area contributed by atoms with Gasteiger partial charge in [-0.15, -0.1) is 10.2 Å². The van der Waals surface area contributed by atoms with Gasteiger partial charge in [-0.25, -0.2) is 0 Å². The summed E-state index contributed by atoms with van der Waals surface area (Å²) in [6.07, 6.45) is 0.760. The van der Waals surface area contributed by atoms with Crippen molar-refractivity contribution >= 4 is 11.0 Å². The highest BCUT2D eigenvalue weighted by molar-refractivity contribution is 5.77. The molecule has 2 heterocycles. The van der Waals surface area contributed by atoms with Gasteiger partial charge in [-0.3, -0.25) is 4.90 Å². The molecule has 0 spiro atoms. The van der Waals surface area contributed by atoms with Crippen LogP contribution in [0.3, 0.4) is 0 Å². The maximum atomic E-state index is 5.91. The standard InChI is InChI=1S/C16H19N3O2/c1-4-15-17-18-16(21-15)10-19(3)11(2)14-9-12-7-5-6-8-13(12)20-14/h5-9,11H,4,10H2,1-3H3. The van der Waals surface area contributed by atoms with E-state index in [0.29, 0.717) is 18.3 Å². The van der Waals surface area contributed by atoms with Gasteiger partial charge in [0, 0.05) is 11.8 Å². The van der Waals surface area contributed by atoms with Gasteiger partial charge in [0.1, 0.15) is 11.3 Å². The van der Waals surface area contributed by atoms with Crippen LogP contribution in [0.4, 0.5) is 0 Å². The van der Waals surface area contributed by atoms with E-state index in [-0.39, 0.29) is 6.04 Å². The first-order valence-electron chi connectivity index (χ1n) is 7.17. The third kappa shape index (κ3) is 2.83. The minimum absolute atomic E-state index is 0.134. The maximum absolute atomic E-state index is 5.91. The van der Waals surface area contributed by atoms with Crippen LogP contribution in [0.1, 0.15) is 37.4 Å². The summed E-state index contributed by atoms with van der Waals surface area (Å²) in [6, 6.07) is 10.3. The van der Waals surface area contributed by atoms with Crippen LogP contribution < -0.4 is 0 Å². The van der Waals surface area contributed by atoms with Gasteiger partial charge in [-0.1, -0.05) is 25.1 Å². The highest BCUT2D eigenvalue weighted by Gasteiger charge is 2.18. The van der Waals surface area contributed by atoms with E-state index in [4.69, 9.17) is 8.83 Å². The summed E-state index contributed by atoms with van der Waals surface area (Å²) >= 11 is 0. The molecule has 0 fully saturated rings. The number of rotatable bonds is 5. The molecule has 1 atom stereocenters. The number of aryl methyl sites for hydroxylation is 1. The Morgan fingerprint density at radius 1 is 1.14 bits per heavy atom. The van der Waals surface area contributed by atoms with E-state index in [9.17, 15) is 0 Å². The second-order valence-corrected chi connectivity index (χ2v) is 5.22. The number of benzene rings is 1. The summed E-state index contributed by atoms with van der Waals surface area (Å²) in [4.78, 5) is 2.13. The molecule has 3 rings (SSSR count). The molecule has 5 heteroatoms. The van der Waals surface area contributed by atoms with Crippen molar-refractivity contribution < 1.29 is 8.83 Å². The van der Waals surface area contributed by atoms with Crippen molar-refractivity contribution in [2.45, 2.75) is 32.9 Å². The zero-order chi connectivity index (χ0) is 14.8. The molecule has 0 aliphatic carbocycles. The lowest BCUT2D eigenvalue weighted by Gasteiger charge is -2.20. The number of aromatic nitrogens is 2. The van der Waals surface area contributed by atoms with Crippen molar-refractivity contribution in [3.05, 3.63) is 47.9 Å². The fourth-order valence-electron chi connectivity index (χ4n) is 2.27. The Kier molecular flexibility index (Phi) is 3.75. The lowest BCUT2D eigenvalue weighted by Crippen LogP contribution is -2.21. The summed E-state index contributed by atoms with van der Waals surface area (Å²) in [7, 11) is 2.02. The van der Waals surface area contributed by atoms with Crippen LogP contribution in [0.15, 0.2) is 39.2 Å². The van der Waals surface area contributed by atoms with Crippen LogP contribution >= 0.6 is 0 Å². The molecule has 2 aromatic heterocycles. The Balaban J connectivity index is 1.75. The Bertz CT molecular complexity index is 699. The lowest BCUT2D eigenvalue weighted by molar-refractivity contribution is 0.205. The molecule has 1 unspecified atom stereocenters. The summed E-state index contributed by atoms with van der Waals surface area (Å²) < 4.78 is 11.5. The van der Waals surface area contributed by atoms with Crippen molar-refractivity contribution in [2.75, 3.05) is 7.05 Å². The second kappa shape index (κ2) is 5.69. The first-order chi connectivity index (χ1) is 10.2. The molecule has 0 N–H and O–H groups in total. The van der Waals surface area contributed by atoms with Gasteiger partial charge in [0.15, 0.2) is 0 Å². The van der Waals surface area contributed by atoms with E-state index >= 15 is 0 Å². The molecule has 3 aromatic rings. The van der Waals surface area contributed by atoms with E-state index in [2.05, 4.69) is 34.2 Å². The van der Waals surface area contributed by atoms with E-state index < -0.39 is 0 Å². The van der Waals surface area contributed by atoms with Gasteiger partial charge < -0.3 is 8.83 Å². The third-order valence-electron chi connectivity index (χ3n) is 3.71. The van der Waals surface area contributed by atoms with E-state index in [1.807, 2.05) is 32.2 Å². The Morgan fingerprint density at radius 3 is 2.62 bits per heavy atom. The highest BCUT2D eigenvalue weighted by Crippen LogP contribution is 2.27. The van der Waals surface area contributed by atoms with Gasteiger partial charge in [0.25, 0.3) is 0 Å². The summed E-state index contributed by atoms with van der Waals surface area (Å²) in [5.74, 6) is 2.25. The van der Waals surface area contributed by atoms with Crippen LogP contribution in [0.2, 0.25) is 0 Å². The Morgan fingerprint density at radius 2 is 1.90 bits per heavy atom. The molecule has 0 aliphatic heterocycles. The molecule has 5 nitrogen and oxygen atoms in total. The molecule has 0 radical (unpaired) electrons. The zero-order valence-electron chi connectivity index (χ0n) is 12.5. The SMILES string of the molecule is CCc1nnc(CN(C)C(C)c2cc3ccccc3o2)o1. The molecular weight excluding hydrogens is 266 g/mol. The van der Waals surface area contributed by atoms with Crippen LogP contribution in [0.25, 0.3) is 11.0 Å². The highest BCUT2D eigenvalue weighted by atomic mass is 16.4. The van der Waals surface area contributed by atoms with Crippen LogP contribution in [0, 0.1) is 0 Å². The maximum Gasteiger partial charge on any atom is 0.230 e. The average molecular weight is 285 g/mol. The summed E-state index contributed by atoms with van der Waals surface area (Å²) in [6.45, 7) is 4.71. The van der Waals surface area contributed by atoms with E-state index in [1.165, 1.54) is 0 Å². The molecule has 0 bridgehead atoms. The summed E-state index contributed by atoms with van der Waals surface area (Å²) in [5, 5.41) is 9.17. The molecular formula is C16H19N3O2. The van der Waals surface area contributed by atoms with Gasteiger partial charge >= 0.3 is 0 Å². The molecule has 21 heavy (non-hydrogen) atoms. The average Bonchev–Trinajstić information content (AvgIpc) is 3.12. The van der Waals surface area contributed by atoms with Crippen molar-refractivity contribution in [1.82, 2.24) is 15.1 Å². The third-order valence-corrected chi connectivity index (χ3v) is 3.71. The monoisotopic (exact) mass is 285 g/mol. The number of para-hydroxylation sites is 1. The lowest BCUT2D eigenvalue weighted by atomic mass is 10.2. The fraction of sp³-hybridized carbons (Fsp3) is 0.375. The van der Waals surface area contributed by atoms with Crippen LogP contribution in [-0.4, -0.2) is 22.1 Å². The van der Waals surface area contributed by atoms with E-state index in [1.54, 1.807) is 0 Å². The van der Waals surface area contributed by atoms with E-state index in [0.717, 1.165) is 23.2 Å². The van der Waals surface area contributed by atoms with Gasteiger partial charge in [0.05, 0.1) is 12.6 Å². The van der Waals surface area contributed by atoms with Gasteiger partial charge in [0.2, 0.25) is 11.8 Å². The predicted octanol–water partition coefficient (Wildman–Crippen LogP) is 3.57. The normalized spacial score (nSPS) is 13.1. The first kappa shape index (κ1) is 13.8. The minimum Gasteiger partial charge on any atom is -0.459 e. The molecule has 0 saturated carbocycles. The topological polar surface area (TPSA) is 55.3 Å². The molecule has 110 valence electrons. The number of furan rings is 1. The number of fused-ring (bicyclic) bond motifs is 1. The fourth-order valence-corrected chi connectivity index (χ4v) is 2.27. The molecule has 0 aliphatic rings. The summed E-state index contributed by atoms with van der Waals surface area (Å²) in [5.41, 5.74) is 0.916. The van der Waals surface area contributed by atoms with Crippen LogP contribution in [0.5, 0.6) is 0 Å². The molecule has 0 amide bonds. The Labute approximate surface area is 123 Å².